The van der Waals surface area contributed by atoms with Crippen LogP contribution in [0.2, 0.25) is 0 Å². The number of aliphatic carboxylic acids is 1. The summed E-state index contributed by atoms with van der Waals surface area (Å²) in [6.07, 6.45) is 1.34. The molecule has 0 aliphatic heterocycles. The normalized spacial score (nSPS) is 11.9. The molecule has 8 heteroatoms. The van der Waals surface area contributed by atoms with Crippen LogP contribution >= 0.6 is 15.9 Å². The quantitative estimate of drug-likeness (QED) is 0.225. The van der Waals surface area contributed by atoms with E-state index in [0.717, 1.165) is 0 Å². The van der Waals surface area contributed by atoms with E-state index in [1.165, 1.54) is 18.2 Å². The third-order valence-electron chi connectivity index (χ3n) is 3.20. The molecular formula is C14H17BrN2O5. The highest BCUT2D eigenvalue weighted by atomic mass is 79.9. The molecule has 1 atom stereocenters. The van der Waals surface area contributed by atoms with E-state index in [9.17, 15) is 19.7 Å². The maximum Gasteiger partial charge on any atom is 0.303 e. The number of hydrogen-bond acceptors (Lipinski definition) is 5. The number of nitrogens with zero attached hydrogens (tertiary/aromatic N) is 1. The highest BCUT2D eigenvalue weighted by Gasteiger charge is 2.20. The van der Waals surface area contributed by atoms with E-state index in [4.69, 9.17) is 10.8 Å². The van der Waals surface area contributed by atoms with Crippen LogP contribution in [0.15, 0.2) is 18.2 Å². The number of carbonyl (C=O) groups is 2. The lowest BCUT2D eigenvalue weighted by molar-refractivity contribution is -0.385. The molecule has 1 aromatic carbocycles. The molecule has 1 rings (SSSR count). The molecule has 0 amide bonds. The van der Waals surface area contributed by atoms with E-state index >= 15 is 0 Å². The maximum absolute atomic E-state index is 12.2. The van der Waals surface area contributed by atoms with Gasteiger partial charge < -0.3 is 10.8 Å². The Morgan fingerprint density at radius 1 is 1.36 bits per heavy atom. The second kappa shape index (κ2) is 8.60. The number of carboxylic acid groups (broad SMARTS) is 1. The molecule has 7 nitrogen and oxygen atoms in total. The molecule has 120 valence electrons. The van der Waals surface area contributed by atoms with Gasteiger partial charge in [-0.25, -0.2) is 0 Å². The van der Waals surface area contributed by atoms with Gasteiger partial charge in [0.05, 0.1) is 11.0 Å². The van der Waals surface area contributed by atoms with Crippen LogP contribution in [0.1, 0.15) is 41.6 Å². The Morgan fingerprint density at radius 3 is 2.59 bits per heavy atom. The highest BCUT2D eigenvalue weighted by molar-refractivity contribution is 9.08. The van der Waals surface area contributed by atoms with E-state index < -0.39 is 16.9 Å². The number of ketones is 1. The first-order chi connectivity index (χ1) is 10.4. The summed E-state index contributed by atoms with van der Waals surface area (Å²) in [5, 5.41) is 19.8. The van der Waals surface area contributed by atoms with Crippen LogP contribution in [0, 0.1) is 10.1 Å². The van der Waals surface area contributed by atoms with Gasteiger partial charge in [-0.3, -0.25) is 19.7 Å². The van der Waals surface area contributed by atoms with E-state index in [2.05, 4.69) is 15.9 Å². The Bertz CT molecular complexity index is 576. The number of alkyl halides is 1. The Hall–Kier alpha value is -1.80. The third kappa shape index (κ3) is 5.19. The van der Waals surface area contributed by atoms with Gasteiger partial charge in [-0.15, -0.1) is 0 Å². The molecule has 0 saturated carbocycles. The Balaban J connectivity index is 2.74. The van der Waals surface area contributed by atoms with Gasteiger partial charge in [-0.05, 0) is 12.8 Å². The number of unbranched alkanes of at least 4 members (excludes halogenated alkanes) is 1. The number of nitrogens with two attached hydrogens (primary N) is 1. The van der Waals surface area contributed by atoms with Crippen molar-refractivity contribution < 1.29 is 19.6 Å². The van der Waals surface area contributed by atoms with Crippen molar-refractivity contribution in [3.05, 3.63) is 39.4 Å². The number of rotatable bonds is 9. The molecule has 22 heavy (non-hydrogen) atoms. The summed E-state index contributed by atoms with van der Waals surface area (Å²) in [5.74, 6) is -1.26. The maximum atomic E-state index is 12.2. The van der Waals surface area contributed by atoms with Crippen molar-refractivity contribution in [2.45, 2.75) is 37.1 Å². The zero-order valence-electron chi connectivity index (χ0n) is 11.8. The van der Waals surface area contributed by atoms with Gasteiger partial charge in [-0.2, -0.15) is 0 Å². The zero-order chi connectivity index (χ0) is 16.7. The molecule has 1 aromatic rings. The summed E-state index contributed by atoms with van der Waals surface area (Å²) >= 11 is 3.16. The van der Waals surface area contributed by atoms with Crippen molar-refractivity contribution in [3.8, 4) is 0 Å². The average Bonchev–Trinajstić information content (AvgIpc) is 2.49. The summed E-state index contributed by atoms with van der Waals surface area (Å²) in [6.45, 7) is 0. The molecule has 0 heterocycles. The minimum atomic E-state index is -0.888. The molecule has 0 aliphatic rings. The number of carboxylic acids is 1. The SMILES string of the molecule is NC(CCCCC(=O)O)C(=O)c1ccc(CBr)c([N+](=O)[O-])c1. The third-order valence-corrected chi connectivity index (χ3v) is 3.81. The molecule has 0 fully saturated rings. The van der Waals surface area contributed by atoms with E-state index in [1.807, 2.05) is 0 Å². The standard InChI is InChI=1S/C14H17BrN2O5/c15-8-10-6-5-9(7-12(10)17(21)22)14(20)11(16)3-1-2-4-13(18)19/h5-7,11H,1-4,8,16H2,(H,18,19). The molecule has 0 aliphatic carbocycles. The summed E-state index contributed by atoms with van der Waals surface area (Å²) in [7, 11) is 0. The Labute approximate surface area is 135 Å². The van der Waals surface area contributed by atoms with Crippen LogP contribution in [-0.4, -0.2) is 27.8 Å². The van der Waals surface area contributed by atoms with Crippen molar-refractivity contribution in [2.75, 3.05) is 0 Å². The molecule has 0 spiro atoms. The van der Waals surface area contributed by atoms with Gasteiger partial charge in [0, 0.05) is 28.9 Å². The second-order valence-electron chi connectivity index (χ2n) is 4.84. The monoisotopic (exact) mass is 372 g/mol. The first kappa shape index (κ1) is 18.2. The number of nitro groups is 1. The van der Waals surface area contributed by atoms with Gasteiger partial charge in [0.1, 0.15) is 0 Å². The van der Waals surface area contributed by atoms with E-state index in [-0.39, 0.29) is 23.5 Å². The van der Waals surface area contributed by atoms with Crippen molar-refractivity contribution >= 4 is 33.4 Å². The fraction of sp³-hybridized carbons (Fsp3) is 0.429. The highest BCUT2D eigenvalue weighted by Crippen LogP contribution is 2.23. The fourth-order valence-electron chi connectivity index (χ4n) is 1.99. The number of nitro benzene ring substituents is 1. The number of Topliss-reactive ketones (excluding diaryl/α,β-unsaturated/α-hetero) is 1. The molecular weight excluding hydrogens is 356 g/mol. The number of carbonyl (C=O) groups excluding carboxylic acids is 1. The lowest BCUT2D eigenvalue weighted by Gasteiger charge is -2.10. The van der Waals surface area contributed by atoms with Crippen LogP contribution in [0.3, 0.4) is 0 Å². The fourth-order valence-corrected chi connectivity index (χ4v) is 2.46. The minimum absolute atomic E-state index is 0.0341. The largest absolute Gasteiger partial charge is 0.481 e. The van der Waals surface area contributed by atoms with Crippen LogP contribution in [0.5, 0.6) is 0 Å². The van der Waals surface area contributed by atoms with Crippen molar-refractivity contribution in [3.63, 3.8) is 0 Å². The Kier molecular flexibility index (Phi) is 7.13. The van der Waals surface area contributed by atoms with Crippen LogP contribution in [0.25, 0.3) is 0 Å². The predicted molar refractivity (Wildman–Crippen MR) is 84.1 cm³/mol. The van der Waals surface area contributed by atoms with Crippen LogP contribution < -0.4 is 5.73 Å². The molecule has 0 bridgehead atoms. The number of benzene rings is 1. The number of halogens is 1. The molecule has 3 N–H and O–H groups in total. The number of hydrogen-bond donors (Lipinski definition) is 2. The predicted octanol–water partition coefficient (Wildman–Crippen LogP) is 2.64. The van der Waals surface area contributed by atoms with Crippen LogP contribution in [-0.2, 0) is 10.1 Å². The molecule has 1 unspecified atom stereocenters. The van der Waals surface area contributed by atoms with Gasteiger partial charge in [0.15, 0.2) is 5.78 Å². The second-order valence-corrected chi connectivity index (χ2v) is 5.41. The molecule has 0 saturated heterocycles. The molecule has 0 radical (unpaired) electrons. The summed E-state index contributed by atoms with van der Waals surface area (Å²) in [6, 6.07) is 3.49. The first-order valence-electron chi connectivity index (χ1n) is 6.71. The van der Waals surface area contributed by atoms with E-state index in [0.29, 0.717) is 30.2 Å². The lowest BCUT2D eigenvalue weighted by atomic mass is 9.98. The smallest absolute Gasteiger partial charge is 0.303 e. The average molecular weight is 373 g/mol. The lowest BCUT2D eigenvalue weighted by Crippen LogP contribution is -2.30. The Morgan fingerprint density at radius 2 is 2.05 bits per heavy atom. The summed E-state index contributed by atoms with van der Waals surface area (Å²) in [5.41, 5.74) is 6.34. The van der Waals surface area contributed by atoms with Gasteiger partial charge in [0.25, 0.3) is 5.69 Å². The van der Waals surface area contributed by atoms with Crippen molar-refractivity contribution in [1.82, 2.24) is 0 Å². The van der Waals surface area contributed by atoms with Crippen LogP contribution in [0.4, 0.5) is 5.69 Å². The van der Waals surface area contributed by atoms with Crippen molar-refractivity contribution in [2.24, 2.45) is 5.73 Å². The van der Waals surface area contributed by atoms with Gasteiger partial charge >= 0.3 is 5.97 Å². The molecule has 0 aromatic heterocycles. The van der Waals surface area contributed by atoms with Crippen molar-refractivity contribution in [1.29, 1.82) is 0 Å². The van der Waals surface area contributed by atoms with Gasteiger partial charge in [0.2, 0.25) is 0 Å². The summed E-state index contributed by atoms with van der Waals surface area (Å²) < 4.78 is 0. The van der Waals surface area contributed by atoms with Gasteiger partial charge in [-0.1, -0.05) is 34.5 Å². The summed E-state index contributed by atoms with van der Waals surface area (Å²) in [4.78, 5) is 33.0. The minimum Gasteiger partial charge on any atom is -0.481 e. The zero-order valence-corrected chi connectivity index (χ0v) is 13.4. The first-order valence-corrected chi connectivity index (χ1v) is 7.83. The van der Waals surface area contributed by atoms with E-state index in [1.54, 1.807) is 0 Å². The topological polar surface area (TPSA) is 124 Å².